The molecule has 0 aromatic rings. The molecule has 0 rings (SSSR count). The maximum Gasteiger partial charge on any atom is 0.414 e. The molecule has 0 aromatic carbocycles. The number of ether oxygens (including phenoxy) is 1. The van der Waals surface area contributed by atoms with Crippen molar-refractivity contribution in [1.29, 1.82) is 0 Å². The van der Waals surface area contributed by atoms with E-state index in [1.165, 1.54) is 0 Å². The summed E-state index contributed by atoms with van der Waals surface area (Å²) in [7, 11) is 0. The summed E-state index contributed by atoms with van der Waals surface area (Å²) in [5.41, 5.74) is 3.82. The van der Waals surface area contributed by atoms with Crippen LogP contribution >= 0.6 is 47.0 Å². The summed E-state index contributed by atoms with van der Waals surface area (Å²) in [6, 6.07) is 0. The molecule has 0 spiro atoms. The molecular weight excluding hydrogens is 246 g/mol. The maximum absolute atomic E-state index is 10.7. The number of hydrogen-bond donors (Lipinski definition) is 2. The summed E-state index contributed by atoms with van der Waals surface area (Å²) in [4.78, 5) is 9.66. The van der Waals surface area contributed by atoms with E-state index >= 15 is 0 Å². The number of carbonyl (C=O) groups is 1. The minimum Gasteiger partial charge on any atom is -0.427 e. The van der Waals surface area contributed by atoms with Gasteiger partial charge in [-0.25, -0.2) is 4.79 Å². The van der Waals surface area contributed by atoms with Gasteiger partial charge in [-0.2, -0.15) is 0 Å². The predicted molar refractivity (Wildman–Crippen MR) is 51.5 cm³/mol. The van der Waals surface area contributed by atoms with Gasteiger partial charge in [-0.3, -0.25) is 5.32 Å². The number of nitrogens with two attached hydrogens (primary N) is 1. The number of thiocarbonyl (C=S) groups is 1. The van der Waals surface area contributed by atoms with Gasteiger partial charge in [0.25, 0.3) is 0 Å². The van der Waals surface area contributed by atoms with Gasteiger partial charge in [0.1, 0.15) is 0 Å². The van der Waals surface area contributed by atoms with Crippen molar-refractivity contribution in [1.82, 2.24) is 5.32 Å². The van der Waals surface area contributed by atoms with Crippen LogP contribution in [-0.4, -0.2) is 21.6 Å². The van der Waals surface area contributed by atoms with E-state index in [1.54, 1.807) is 0 Å². The van der Waals surface area contributed by atoms with Crippen LogP contribution in [0, 0.1) is 0 Å². The van der Waals surface area contributed by atoms with Gasteiger partial charge < -0.3 is 10.5 Å². The van der Waals surface area contributed by atoms with Gasteiger partial charge in [0.05, 0.1) is 0 Å². The molecule has 4 nitrogen and oxygen atoms in total. The largest absolute Gasteiger partial charge is 0.427 e. The molecule has 0 fully saturated rings. The van der Waals surface area contributed by atoms with Crippen LogP contribution in [0.25, 0.3) is 0 Å². The minimum atomic E-state index is -1.14. The monoisotopic (exact) mass is 250 g/mol. The fourth-order valence-corrected chi connectivity index (χ4v) is 0.551. The molecule has 0 saturated heterocycles. The number of carbonyl (C=O) groups excluding carboxylic acids is 1. The van der Waals surface area contributed by atoms with Crippen molar-refractivity contribution in [3.63, 3.8) is 0 Å². The van der Waals surface area contributed by atoms with Crippen molar-refractivity contribution in [2.24, 2.45) is 5.73 Å². The molecule has 0 aromatic heterocycles. The summed E-state index contributed by atoms with van der Waals surface area (Å²) < 4.78 is 4.41. The van der Waals surface area contributed by atoms with Crippen molar-refractivity contribution in [3.8, 4) is 0 Å². The Morgan fingerprint density at radius 1 is 1.50 bits per heavy atom. The highest BCUT2D eigenvalue weighted by atomic mass is 35.5. The van der Waals surface area contributed by atoms with E-state index in [9.17, 15) is 4.79 Å². The van der Waals surface area contributed by atoms with Crippen LogP contribution in [-0.2, 0) is 4.74 Å². The predicted octanol–water partition coefficient (Wildman–Crippen LogP) is 1.32. The smallest absolute Gasteiger partial charge is 0.414 e. The van der Waals surface area contributed by atoms with Crippen molar-refractivity contribution >= 4 is 58.2 Å². The molecule has 0 heterocycles. The minimum absolute atomic E-state index is 0.218. The first kappa shape index (κ1) is 12.0. The molecular formula is C4H5Cl3N2O2S. The number of alkyl halides is 3. The zero-order valence-corrected chi connectivity index (χ0v) is 8.67. The first-order chi connectivity index (χ1) is 5.43. The Bertz CT molecular complexity index is 189. The number of hydrogen-bond acceptors (Lipinski definition) is 3. The molecule has 0 aliphatic carbocycles. The molecule has 70 valence electrons. The molecule has 0 saturated carbocycles. The van der Waals surface area contributed by atoms with Crippen LogP contribution < -0.4 is 11.1 Å². The third-order valence-electron chi connectivity index (χ3n) is 0.643. The zero-order valence-electron chi connectivity index (χ0n) is 5.59. The summed E-state index contributed by atoms with van der Waals surface area (Å²) in [6.45, 7) is 0. The van der Waals surface area contributed by atoms with Crippen LogP contribution in [0.15, 0.2) is 0 Å². The topological polar surface area (TPSA) is 64.3 Å². The molecule has 1 unspecified atom stereocenters. The second kappa shape index (κ2) is 5.64. The Kier molecular flexibility index (Phi) is 5.65. The van der Waals surface area contributed by atoms with E-state index in [1.807, 2.05) is 5.32 Å². The number of amides is 1. The zero-order chi connectivity index (χ0) is 9.72. The molecule has 0 bridgehead atoms. The number of rotatable bonds is 2. The normalized spacial score (nSPS) is 12.3. The third kappa shape index (κ3) is 5.65. The second-order valence-electron chi connectivity index (χ2n) is 1.58. The number of alkyl carbamates (subject to hydrolysis) is 1. The fourth-order valence-electron chi connectivity index (χ4n) is 0.284. The van der Waals surface area contributed by atoms with E-state index in [-0.39, 0.29) is 5.11 Å². The second-order valence-corrected chi connectivity index (χ2v) is 3.61. The van der Waals surface area contributed by atoms with E-state index in [4.69, 9.17) is 40.5 Å². The van der Waals surface area contributed by atoms with Gasteiger partial charge >= 0.3 is 6.09 Å². The van der Waals surface area contributed by atoms with Gasteiger partial charge in [0.2, 0.25) is 5.56 Å². The quantitative estimate of drug-likeness (QED) is 0.574. The van der Waals surface area contributed by atoms with Crippen LogP contribution in [0.2, 0.25) is 0 Å². The van der Waals surface area contributed by atoms with Crippen LogP contribution in [0.3, 0.4) is 0 Å². The Morgan fingerprint density at radius 2 is 2.00 bits per heavy atom. The lowest BCUT2D eigenvalue weighted by atomic mass is 10.8. The van der Waals surface area contributed by atoms with Gasteiger partial charge in [0, 0.05) is 0 Å². The SMILES string of the molecule is NC(=S)NC(=O)OC(Cl)C(Cl)Cl. The molecule has 0 aliphatic rings. The van der Waals surface area contributed by atoms with Gasteiger partial charge in [0.15, 0.2) is 9.95 Å². The van der Waals surface area contributed by atoms with E-state index in [0.717, 1.165) is 0 Å². The Balaban J connectivity index is 3.77. The first-order valence-electron chi connectivity index (χ1n) is 2.62. The van der Waals surface area contributed by atoms with Crippen molar-refractivity contribution in [2.45, 2.75) is 10.4 Å². The van der Waals surface area contributed by atoms with Crippen LogP contribution in [0.4, 0.5) is 4.79 Å². The Labute approximate surface area is 89.3 Å². The van der Waals surface area contributed by atoms with E-state index in [0.29, 0.717) is 0 Å². The standard InChI is InChI=1S/C4H5Cl3N2O2S/c5-1(6)2(7)11-4(10)9-3(8)12/h1-2H,(H3,8,9,10,12). The van der Waals surface area contributed by atoms with Crippen molar-refractivity contribution in [3.05, 3.63) is 0 Å². The number of nitrogens with one attached hydrogen (secondary N) is 1. The molecule has 0 radical (unpaired) electrons. The van der Waals surface area contributed by atoms with Crippen LogP contribution in [0.5, 0.6) is 0 Å². The highest BCUT2D eigenvalue weighted by Gasteiger charge is 2.18. The molecule has 3 N–H and O–H groups in total. The molecule has 1 atom stereocenters. The van der Waals surface area contributed by atoms with Gasteiger partial charge in [-0.1, -0.05) is 34.8 Å². The van der Waals surface area contributed by atoms with E-state index < -0.39 is 16.5 Å². The summed E-state index contributed by atoms with van der Waals surface area (Å²) >= 11 is 20.3. The summed E-state index contributed by atoms with van der Waals surface area (Å²) in [5, 5.41) is 1.76. The lowest BCUT2D eigenvalue weighted by Gasteiger charge is -2.11. The Hall–Kier alpha value is 0.0300. The number of halogens is 3. The average molecular weight is 252 g/mol. The van der Waals surface area contributed by atoms with E-state index in [2.05, 4.69) is 17.0 Å². The highest BCUT2D eigenvalue weighted by molar-refractivity contribution is 7.80. The molecule has 8 heteroatoms. The molecule has 12 heavy (non-hydrogen) atoms. The molecule has 0 aliphatic heterocycles. The van der Waals surface area contributed by atoms with Gasteiger partial charge in [-0.05, 0) is 12.2 Å². The maximum atomic E-state index is 10.7. The van der Waals surface area contributed by atoms with Crippen LogP contribution in [0.1, 0.15) is 0 Å². The average Bonchev–Trinajstić information content (AvgIpc) is 1.84. The summed E-state index contributed by atoms with van der Waals surface area (Å²) in [5.74, 6) is 0. The third-order valence-corrected chi connectivity index (χ3v) is 1.80. The van der Waals surface area contributed by atoms with Gasteiger partial charge in [-0.15, -0.1) is 0 Å². The molecule has 1 amide bonds. The van der Waals surface area contributed by atoms with Crippen molar-refractivity contribution in [2.75, 3.05) is 0 Å². The highest BCUT2D eigenvalue weighted by Crippen LogP contribution is 2.14. The van der Waals surface area contributed by atoms with Crippen molar-refractivity contribution < 1.29 is 9.53 Å². The lowest BCUT2D eigenvalue weighted by molar-refractivity contribution is 0.142. The summed E-state index contributed by atoms with van der Waals surface area (Å²) in [6.07, 6.45) is -0.895. The fraction of sp³-hybridized carbons (Fsp3) is 0.500. The Morgan fingerprint density at radius 3 is 2.33 bits per heavy atom. The first-order valence-corrected chi connectivity index (χ1v) is 4.34. The lowest BCUT2D eigenvalue weighted by Crippen LogP contribution is -2.37.